The minimum atomic E-state index is -0.0419. The Morgan fingerprint density at radius 2 is 2.15 bits per heavy atom. The topological polar surface area (TPSA) is 97.9 Å². The van der Waals surface area contributed by atoms with Crippen LogP contribution in [0, 0.1) is 19.8 Å². The van der Waals surface area contributed by atoms with Gasteiger partial charge in [-0.1, -0.05) is 5.16 Å². The van der Waals surface area contributed by atoms with Gasteiger partial charge in [-0.15, -0.1) is 0 Å². The fourth-order valence-corrected chi connectivity index (χ4v) is 3.50. The molecule has 0 bridgehead atoms. The Kier molecular flexibility index (Phi) is 4.62. The molecule has 1 unspecified atom stereocenters. The van der Waals surface area contributed by atoms with Crippen LogP contribution in [0.15, 0.2) is 35.5 Å². The predicted molar refractivity (Wildman–Crippen MR) is 96.7 cm³/mol. The lowest BCUT2D eigenvalue weighted by atomic mass is 10.0. The van der Waals surface area contributed by atoms with E-state index in [0.717, 1.165) is 47.8 Å². The van der Waals surface area contributed by atoms with Crippen molar-refractivity contribution in [2.24, 2.45) is 5.92 Å². The van der Waals surface area contributed by atoms with E-state index in [1.165, 1.54) is 6.33 Å². The molecule has 1 aliphatic rings. The van der Waals surface area contributed by atoms with E-state index in [9.17, 15) is 4.79 Å². The number of aryl methyl sites for hydroxylation is 2. The number of nitrogens with zero attached hydrogens (tertiary/aromatic N) is 6. The molecule has 138 valence electrons. The minimum absolute atomic E-state index is 0.0419. The summed E-state index contributed by atoms with van der Waals surface area (Å²) in [5.41, 5.74) is 3.84. The number of aromatic nitrogens is 5. The Hall–Kier alpha value is -3.16. The van der Waals surface area contributed by atoms with E-state index in [0.29, 0.717) is 18.2 Å². The summed E-state index contributed by atoms with van der Waals surface area (Å²) in [6.45, 7) is 5.20. The van der Waals surface area contributed by atoms with E-state index in [2.05, 4.69) is 25.1 Å². The van der Waals surface area contributed by atoms with Crippen LogP contribution in [-0.4, -0.2) is 49.0 Å². The van der Waals surface area contributed by atoms with Crippen molar-refractivity contribution < 1.29 is 9.32 Å². The second-order valence-electron chi connectivity index (χ2n) is 6.80. The molecule has 8 heteroatoms. The Balaban J connectivity index is 1.40. The first-order valence-corrected chi connectivity index (χ1v) is 8.91. The van der Waals surface area contributed by atoms with Gasteiger partial charge in [-0.3, -0.25) is 14.8 Å². The number of amides is 1. The Bertz CT molecular complexity index is 919. The largest absolute Gasteiger partial charge is 0.361 e. The number of hydrogen-bond donors (Lipinski definition) is 0. The Labute approximate surface area is 156 Å². The molecule has 1 amide bonds. The van der Waals surface area contributed by atoms with E-state index < -0.39 is 0 Å². The van der Waals surface area contributed by atoms with Gasteiger partial charge in [0.1, 0.15) is 17.8 Å². The molecule has 1 aliphatic heterocycles. The maximum Gasteiger partial charge on any atom is 0.272 e. The van der Waals surface area contributed by atoms with Crippen molar-refractivity contribution in [2.45, 2.75) is 26.7 Å². The molecule has 0 saturated carbocycles. The summed E-state index contributed by atoms with van der Waals surface area (Å²) in [6.07, 6.45) is 8.30. The summed E-state index contributed by atoms with van der Waals surface area (Å²) in [7, 11) is 0. The number of carbonyl (C=O) groups is 1. The average molecular weight is 364 g/mol. The normalized spacial score (nSPS) is 16.7. The number of rotatable bonds is 4. The molecule has 1 saturated heterocycles. The summed E-state index contributed by atoms with van der Waals surface area (Å²) in [5.74, 6) is 1.07. The molecule has 0 N–H and O–H groups in total. The molecule has 1 fully saturated rings. The van der Waals surface area contributed by atoms with Gasteiger partial charge in [0.25, 0.3) is 5.91 Å². The number of likely N-dealkylation sites (tertiary alicyclic amines) is 1. The van der Waals surface area contributed by atoms with Crippen molar-refractivity contribution in [1.82, 2.24) is 30.0 Å². The van der Waals surface area contributed by atoms with E-state index in [1.54, 1.807) is 24.7 Å². The minimum Gasteiger partial charge on any atom is -0.361 e. The quantitative estimate of drug-likeness (QED) is 0.700. The molecule has 0 spiro atoms. The van der Waals surface area contributed by atoms with Crippen LogP contribution in [0.4, 0.5) is 0 Å². The van der Waals surface area contributed by atoms with E-state index >= 15 is 0 Å². The first kappa shape index (κ1) is 17.3. The number of carbonyl (C=O) groups excluding carboxylic acids is 1. The Morgan fingerprint density at radius 3 is 2.81 bits per heavy atom. The molecule has 0 radical (unpaired) electrons. The van der Waals surface area contributed by atoms with Gasteiger partial charge in [0.05, 0.1) is 28.8 Å². The highest BCUT2D eigenvalue weighted by molar-refractivity contribution is 5.92. The van der Waals surface area contributed by atoms with Crippen LogP contribution in [-0.2, 0) is 6.42 Å². The molecule has 8 nitrogen and oxygen atoms in total. The van der Waals surface area contributed by atoms with E-state index in [4.69, 9.17) is 4.52 Å². The lowest BCUT2D eigenvalue weighted by molar-refractivity contribution is 0.0781. The van der Waals surface area contributed by atoms with Crippen LogP contribution in [0.1, 0.15) is 34.1 Å². The van der Waals surface area contributed by atoms with Gasteiger partial charge in [0, 0.05) is 25.5 Å². The molecule has 4 heterocycles. The Morgan fingerprint density at radius 1 is 1.26 bits per heavy atom. The van der Waals surface area contributed by atoms with Crippen LogP contribution < -0.4 is 0 Å². The van der Waals surface area contributed by atoms with Gasteiger partial charge in [0.2, 0.25) is 0 Å². The van der Waals surface area contributed by atoms with Crippen molar-refractivity contribution in [1.29, 1.82) is 0 Å². The molecular weight excluding hydrogens is 344 g/mol. The standard InChI is InChI=1S/C19H20N6O2/c1-12-18(13(2)27-24-12)17-9-21-15(8-22-17)7-14-4-6-25(10-14)19(26)16-3-5-20-11-23-16/h3,5,8-9,11,14H,4,6-7,10H2,1-2H3. The molecule has 3 aromatic rings. The zero-order valence-electron chi connectivity index (χ0n) is 15.3. The predicted octanol–water partition coefficient (Wildman–Crippen LogP) is 2.24. The van der Waals surface area contributed by atoms with E-state index in [1.807, 2.05) is 18.7 Å². The van der Waals surface area contributed by atoms with Crippen molar-refractivity contribution >= 4 is 5.91 Å². The molecular formula is C19H20N6O2. The van der Waals surface area contributed by atoms with Crippen molar-refractivity contribution in [3.63, 3.8) is 0 Å². The molecule has 0 aliphatic carbocycles. The first-order valence-electron chi connectivity index (χ1n) is 8.91. The van der Waals surface area contributed by atoms with Crippen LogP contribution in [0.25, 0.3) is 11.3 Å². The van der Waals surface area contributed by atoms with Gasteiger partial charge in [0.15, 0.2) is 0 Å². The lowest BCUT2D eigenvalue weighted by Gasteiger charge is -2.15. The first-order chi connectivity index (χ1) is 13.1. The number of hydrogen-bond acceptors (Lipinski definition) is 7. The summed E-state index contributed by atoms with van der Waals surface area (Å²) in [5, 5.41) is 3.96. The van der Waals surface area contributed by atoms with Gasteiger partial charge >= 0.3 is 0 Å². The zero-order chi connectivity index (χ0) is 18.8. The fraction of sp³-hybridized carbons (Fsp3) is 0.368. The molecule has 27 heavy (non-hydrogen) atoms. The van der Waals surface area contributed by atoms with E-state index in [-0.39, 0.29) is 5.91 Å². The smallest absolute Gasteiger partial charge is 0.272 e. The second-order valence-corrected chi connectivity index (χ2v) is 6.80. The fourth-order valence-electron chi connectivity index (χ4n) is 3.50. The van der Waals surface area contributed by atoms with Crippen LogP contribution in [0.2, 0.25) is 0 Å². The van der Waals surface area contributed by atoms with Gasteiger partial charge < -0.3 is 9.42 Å². The average Bonchev–Trinajstić information content (AvgIpc) is 3.29. The summed E-state index contributed by atoms with van der Waals surface area (Å²) < 4.78 is 5.19. The van der Waals surface area contributed by atoms with Crippen LogP contribution >= 0.6 is 0 Å². The maximum atomic E-state index is 12.5. The third-order valence-electron chi connectivity index (χ3n) is 4.87. The zero-order valence-corrected chi connectivity index (χ0v) is 15.3. The monoisotopic (exact) mass is 364 g/mol. The highest BCUT2D eigenvalue weighted by Crippen LogP contribution is 2.25. The van der Waals surface area contributed by atoms with Crippen LogP contribution in [0.3, 0.4) is 0 Å². The van der Waals surface area contributed by atoms with Gasteiger partial charge in [-0.2, -0.15) is 0 Å². The molecule has 3 aromatic heterocycles. The molecule has 0 aromatic carbocycles. The summed E-state index contributed by atoms with van der Waals surface area (Å²) >= 11 is 0. The molecule has 1 atom stereocenters. The third-order valence-corrected chi connectivity index (χ3v) is 4.87. The van der Waals surface area contributed by atoms with Crippen molar-refractivity contribution in [3.8, 4) is 11.3 Å². The maximum absolute atomic E-state index is 12.5. The summed E-state index contributed by atoms with van der Waals surface area (Å²) in [4.78, 5) is 31.3. The SMILES string of the molecule is Cc1noc(C)c1-c1cnc(CC2CCN(C(=O)c3ccncn3)C2)cn1. The third kappa shape index (κ3) is 3.55. The van der Waals surface area contributed by atoms with Crippen molar-refractivity contribution in [2.75, 3.05) is 13.1 Å². The second kappa shape index (κ2) is 7.22. The highest BCUT2D eigenvalue weighted by atomic mass is 16.5. The molecule has 4 rings (SSSR count). The van der Waals surface area contributed by atoms with Gasteiger partial charge in [-0.25, -0.2) is 9.97 Å². The summed E-state index contributed by atoms with van der Waals surface area (Å²) in [6, 6.07) is 1.65. The van der Waals surface area contributed by atoms with Gasteiger partial charge in [-0.05, 0) is 38.7 Å². The van der Waals surface area contributed by atoms with Crippen molar-refractivity contribution in [3.05, 3.63) is 53.8 Å². The lowest BCUT2D eigenvalue weighted by Crippen LogP contribution is -2.29. The highest BCUT2D eigenvalue weighted by Gasteiger charge is 2.28. The van der Waals surface area contributed by atoms with Crippen LogP contribution in [0.5, 0.6) is 0 Å².